The largest absolute Gasteiger partial charge is 0.463 e. The van der Waals surface area contributed by atoms with Crippen LogP contribution in [0.3, 0.4) is 0 Å². The number of esters is 1. The summed E-state index contributed by atoms with van der Waals surface area (Å²) in [5, 5.41) is 2.69. The molecule has 0 aromatic heterocycles. The van der Waals surface area contributed by atoms with Crippen molar-refractivity contribution in [3.63, 3.8) is 0 Å². The SMILES string of the molecule is C.CCOC(=O)/C=C/CC[C@H](NC(=O)OCc1ccccc1)C(=O)C[C@H](C(=O)N1C2CCCCC2C[C@H]1C(=O)C[C@@H](CC(C)C)C(N)=O)C(C)C. The minimum atomic E-state index is -0.982. The third kappa shape index (κ3) is 13.2. The number of amides is 3. The molecule has 0 spiro atoms. The van der Waals surface area contributed by atoms with Crippen molar-refractivity contribution in [1.82, 2.24) is 10.2 Å². The maximum atomic E-state index is 14.5. The average Bonchev–Trinajstić information content (AvgIpc) is 3.47. The standard InChI is InChI=1S/C39H57N3O8.CH4/c1-6-49-36(45)19-13-11-17-31(41-39(48)50-24-27-14-8-7-9-15-27)34(43)23-30(26(4)5)38(47)42-32-18-12-10-16-28(32)21-33(42)35(44)22-29(37(40)46)20-25(2)3;/h7-9,13-15,19,25-26,28-33H,6,10-12,16-18,20-24H2,1-5H3,(H2,40,46)(H,41,48);1H4/b19-13+;/t28?,29-,30+,31+,32?,33+;/m1./s1. The zero-order valence-electron chi connectivity index (χ0n) is 30.4. The summed E-state index contributed by atoms with van der Waals surface area (Å²) in [4.78, 5) is 81.1. The Bertz CT molecular complexity index is 1340. The second kappa shape index (κ2) is 21.4. The summed E-state index contributed by atoms with van der Waals surface area (Å²) in [5.41, 5.74) is 6.48. The summed E-state index contributed by atoms with van der Waals surface area (Å²) in [6.45, 7) is 9.68. The number of ether oxygens (including phenoxy) is 2. The number of likely N-dealkylation sites (tertiary alicyclic amines) is 1. The number of carbonyl (C=O) groups is 6. The summed E-state index contributed by atoms with van der Waals surface area (Å²) in [6.07, 6.45) is 7.14. The van der Waals surface area contributed by atoms with Crippen LogP contribution in [0.2, 0.25) is 0 Å². The molecule has 11 heteroatoms. The van der Waals surface area contributed by atoms with Gasteiger partial charge in [-0.3, -0.25) is 19.2 Å². The van der Waals surface area contributed by atoms with E-state index in [1.165, 1.54) is 6.08 Å². The number of allylic oxidation sites excluding steroid dienone is 1. The first kappa shape index (κ1) is 43.1. The van der Waals surface area contributed by atoms with Crippen molar-refractivity contribution in [1.29, 1.82) is 0 Å². The molecule has 3 N–H and O–H groups in total. The predicted octanol–water partition coefficient (Wildman–Crippen LogP) is 6.31. The van der Waals surface area contributed by atoms with E-state index in [4.69, 9.17) is 15.2 Å². The molecule has 51 heavy (non-hydrogen) atoms. The highest BCUT2D eigenvalue weighted by Gasteiger charge is 2.49. The fraction of sp³-hybridized carbons (Fsp3) is 0.650. The van der Waals surface area contributed by atoms with Crippen LogP contribution >= 0.6 is 0 Å². The molecule has 1 saturated heterocycles. The number of benzene rings is 1. The third-order valence-corrected chi connectivity index (χ3v) is 9.92. The van der Waals surface area contributed by atoms with E-state index in [9.17, 15) is 28.8 Å². The van der Waals surface area contributed by atoms with Gasteiger partial charge in [-0.15, -0.1) is 0 Å². The molecule has 6 atom stereocenters. The van der Waals surface area contributed by atoms with Crippen molar-refractivity contribution in [2.24, 2.45) is 35.3 Å². The quantitative estimate of drug-likeness (QED) is 0.125. The Balaban J connectivity index is 0.00000901. The molecule has 0 bridgehead atoms. The molecule has 3 amide bonds. The van der Waals surface area contributed by atoms with Gasteiger partial charge in [0.2, 0.25) is 11.8 Å². The van der Waals surface area contributed by atoms with E-state index < -0.39 is 41.9 Å². The Labute approximate surface area is 304 Å². The number of Topliss-reactive ketones (excluding diaryl/α,β-unsaturated/α-hetero) is 2. The lowest BCUT2D eigenvalue weighted by atomic mass is 9.83. The molecule has 2 aliphatic rings. The molecule has 1 aromatic rings. The second-order valence-electron chi connectivity index (χ2n) is 14.5. The summed E-state index contributed by atoms with van der Waals surface area (Å²) in [6, 6.07) is 7.40. The van der Waals surface area contributed by atoms with Crippen LogP contribution in [0.15, 0.2) is 42.5 Å². The lowest BCUT2D eigenvalue weighted by molar-refractivity contribution is -0.147. The number of primary amides is 1. The number of carbonyl (C=O) groups excluding carboxylic acids is 6. The molecular weight excluding hydrogens is 650 g/mol. The van der Waals surface area contributed by atoms with Gasteiger partial charge in [0.25, 0.3) is 0 Å². The molecule has 1 heterocycles. The Hall–Kier alpha value is -4.02. The first-order valence-electron chi connectivity index (χ1n) is 18.3. The zero-order chi connectivity index (χ0) is 36.8. The van der Waals surface area contributed by atoms with E-state index in [1.807, 2.05) is 58.0 Å². The number of rotatable bonds is 19. The molecule has 0 radical (unpaired) electrons. The van der Waals surface area contributed by atoms with Crippen molar-refractivity contribution >= 4 is 35.4 Å². The highest BCUT2D eigenvalue weighted by molar-refractivity contribution is 5.96. The summed E-state index contributed by atoms with van der Waals surface area (Å²) in [7, 11) is 0. The molecule has 284 valence electrons. The molecule has 1 saturated carbocycles. The topological polar surface area (TPSA) is 162 Å². The van der Waals surface area contributed by atoms with Crippen LogP contribution in [0.1, 0.15) is 112 Å². The average molecular weight is 712 g/mol. The number of alkyl carbamates (subject to hydrolysis) is 1. The molecule has 3 rings (SSSR count). The van der Waals surface area contributed by atoms with E-state index in [2.05, 4.69) is 5.32 Å². The summed E-state index contributed by atoms with van der Waals surface area (Å²) >= 11 is 0. The molecule has 11 nitrogen and oxygen atoms in total. The molecule has 1 aliphatic carbocycles. The van der Waals surface area contributed by atoms with Crippen LogP contribution in [0.25, 0.3) is 0 Å². The molecule has 1 aliphatic heterocycles. The van der Waals surface area contributed by atoms with Crippen molar-refractivity contribution in [2.45, 2.75) is 131 Å². The molecule has 1 aromatic carbocycles. The predicted molar refractivity (Wildman–Crippen MR) is 196 cm³/mol. The number of hydrogen-bond acceptors (Lipinski definition) is 8. The first-order valence-corrected chi connectivity index (χ1v) is 18.3. The van der Waals surface area contributed by atoms with Gasteiger partial charge >= 0.3 is 12.1 Å². The Kier molecular flexibility index (Phi) is 18.1. The number of nitrogens with one attached hydrogen (secondary N) is 1. The smallest absolute Gasteiger partial charge is 0.408 e. The van der Waals surface area contributed by atoms with Crippen molar-refractivity contribution in [3.8, 4) is 0 Å². The number of fused-ring (bicyclic) bond motifs is 1. The van der Waals surface area contributed by atoms with Crippen LogP contribution in [0.5, 0.6) is 0 Å². The van der Waals surface area contributed by atoms with Crippen molar-refractivity contribution in [3.05, 3.63) is 48.0 Å². The first-order chi connectivity index (χ1) is 23.8. The Morgan fingerprint density at radius 2 is 1.67 bits per heavy atom. The van der Waals surface area contributed by atoms with Gasteiger partial charge in [-0.25, -0.2) is 9.59 Å². The molecule has 2 unspecified atom stereocenters. The second-order valence-corrected chi connectivity index (χ2v) is 14.5. The molecular formula is C40H61N3O8. The monoisotopic (exact) mass is 711 g/mol. The normalized spacial score (nSPS) is 20.2. The summed E-state index contributed by atoms with van der Waals surface area (Å²) < 4.78 is 10.3. The van der Waals surface area contributed by atoms with E-state index in [-0.39, 0.29) is 81.2 Å². The van der Waals surface area contributed by atoms with E-state index >= 15 is 0 Å². The minimum Gasteiger partial charge on any atom is -0.463 e. The van der Waals surface area contributed by atoms with Crippen LogP contribution in [-0.2, 0) is 40.1 Å². The fourth-order valence-corrected chi connectivity index (χ4v) is 7.32. The Morgan fingerprint density at radius 3 is 2.29 bits per heavy atom. The molecule has 2 fully saturated rings. The van der Waals surface area contributed by atoms with Gasteiger partial charge in [-0.05, 0) is 68.8 Å². The van der Waals surface area contributed by atoms with E-state index in [1.54, 1.807) is 17.9 Å². The van der Waals surface area contributed by atoms with Crippen molar-refractivity contribution < 1.29 is 38.2 Å². The fourth-order valence-electron chi connectivity index (χ4n) is 7.32. The summed E-state index contributed by atoms with van der Waals surface area (Å²) in [5.74, 6) is -2.96. The number of ketones is 2. The van der Waals surface area contributed by atoms with Crippen LogP contribution in [0.4, 0.5) is 4.79 Å². The van der Waals surface area contributed by atoms with Crippen molar-refractivity contribution in [2.75, 3.05) is 6.61 Å². The van der Waals surface area contributed by atoms with Gasteiger partial charge < -0.3 is 25.4 Å². The van der Waals surface area contributed by atoms with Gasteiger partial charge in [0.05, 0.1) is 18.7 Å². The van der Waals surface area contributed by atoms with Gasteiger partial charge in [0.15, 0.2) is 11.6 Å². The lowest BCUT2D eigenvalue weighted by Crippen LogP contribution is -2.51. The maximum Gasteiger partial charge on any atom is 0.408 e. The highest BCUT2D eigenvalue weighted by Crippen LogP contribution is 2.42. The maximum absolute atomic E-state index is 14.5. The number of hydrogen-bond donors (Lipinski definition) is 2. The van der Waals surface area contributed by atoms with E-state index in [0.29, 0.717) is 19.3 Å². The zero-order valence-corrected chi connectivity index (χ0v) is 30.4. The third-order valence-electron chi connectivity index (χ3n) is 9.92. The minimum absolute atomic E-state index is 0. The van der Waals surface area contributed by atoms with E-state index in [0.717, 1.165) is 31.2 Å². The van der Waals surface area contributed by atoms with Crippen LogP contribution in [-0.4, -0.2) is 65.1 Å². The van der Waals surface area contributed by atoms with Gasteiger partial charge in [0, 0.05) is 36.8 Å². The number of nitrogens with zero attached hydrogens (tertiary/aromatic N) is 1. The van der Waals surface area contributed by atoms with Gasteiger partial charge in [-0.1, -0.05) is 84.4 Å². The van der Waals surface area contributed by atoms with Gasteiger partial charge in [0.1, 0.15) is 6.61 Å². The number of nitrogens with two attached hydrogens (primary N) is 1. The van der Waals surface area contributed by atoms with Gasteiger partial charge in [-0.2, -0.15) is 0 Å². The lowest BCUT2D eigenvalue weighted by Gasteiger charge is -2.37. The highest BCUT2D eigenvalue weighted by atomic mass is 16.5. The Morgan fingerprint density at radius 1 is 0.980 bits per heavy atom. The van der Waals surface area contributed by atoms with Crippen LogP contribution < -0.4 is 11.1 Å². The van der Waals surface area contributed by atoms with Crippen LogP contribution in [0, 0.1) is 29.6 Å².